The predicted molar refractivity (Wildman–Crippen MR) is 55.7 cm³/mol. The first-order valence-electron chi connectivity index (χ1n) is 4.45. The van der Waals surface area contributed by atoms with Crippen LogP contribution in [0, 0.1) is 0 Å². The lowest BCUT2D eigenvalue weighted by Crippen LogP contribution is -1.94. The molecule has 0 radical (unpaired) electrons. The Labute approximate surface area is 82.6 Å². The summed E-state index contributed by atoms with van der Waals surface area (Å²) < 4.78 is 0. The van der Waals surface area contributed by atoms with Gasteiger partial charge in [-0.2, -0.15) is 0 Å². The van der Waals surface area contributed by atoms with Gasteiger partial charge in [0.25, 0.3) is 0 Å². The molecular formula is C11H11N3. The lowest BCUT2D eigenvalue weighted by molar-refractivity contribution is 1.06. The van der Waals surface area contributed by atoms with Crippen LogP contribution in [0.5, 0.6) is 0 Å². The Morgan fingerprint density at radius 2 is 2.00 bits per heavy atom. The zero-order valence-corrected chi connectivity index (χ0v) is 7.72. The van der Waals surface area contributed by atoms with Crippen LogP contribution in [0.1, 0.15) is 11.3 Å². The SMILES string of the molecule is Nc1ccc(Cc2ccccn2)cn1. The maximum Gasteiger partial charge on any atom is 0.123 e. The largest absolute Gasteiger partial charge is 0.384 e. The molecule has 2 aromatic rings. The zero-order valence-electron chi connectivity index (χ0n) is 7.72. The average Bonchev–Trinajstić information content (AvgIpc) is 2.23. The van der Waals surface area contributed by atoms with E-state index in [1.54, 1.807) is 18.5 Å². The Hall–Kier alpha value is -1.90. The van der Waals surface area contributed by atoms with Gasteiger partial charge in [0.15, 0.2) is 0 Å². The summed E-state index contributed by atoms with van der Waals surface area (Å²) >= 11 is 0. The molecule has 0 fully saturated rings. The van der Waals surface area contributed by atoms with Crippen molar-refractivity contribution in [1.29, 1.82) is 0 Å². The zero-order chi connectivity index (χ0) is 9.80. The molecule has 0 aromatic carbocycles. The second-order valence-corrected chi connectivity index (χ2v) is 3.09. The van der Waals surface area contributed by atoms with Crippen LogP contribution in [0.15, 0.2) is 42.7 Å². The molecule has 0 saturated heterocycles. The molecule has 0 unspecified atom stereocenters. The van der Waals surface area contributed by atoms with Crippen molar-refractivity contribution in [3.8, 4) is 0 Å². The molecule has 2 heterocycles. The van der Waals surface area contributed by atoms with E-state index >= 15 is 0 Å². The topological polar surface area (TPSA) is 51.8 Å². The van der Waals surface area contributed by atoms with Crippen LogP contribution in [0.2, 0.25) is 0 Å². The summed E-state index contributed by atoms with van der Waals surface area (Å²) in [5, 5.41) is 0. The van der Waals surface area contributed by atoms with Crippen LogP contribution in [0.3, 0.4) is 0 Å². The first-order valence-corrected chi connectivity index (χ1v) is 4.45. The van der Waals surface area contributed by atoms with Crippen molar-refractivity contribution < 1.29 is 0 Å². The fourth-order valence-electron chi connectivity index (χ4n) is 1.25. The lowest BCUT2D eigenvalue weighted by atomic mass is 10.1. The van der Waals surface area contributed by atoms with Crippen LogP contribution < -0.4 is 5.73 Å². The van der Waals surface area contributed by atoms with Crippen molar-refractivity contribution in [1.82, 2.24) is 9.97 Å². The number of hydrogen-bond donors (Lipinski definition) is 1. The molecule has 0 spiro atoms. The number of pyridine rings is 2. The average molecular weight is 185 g/mol. The summed E-state index contributed by atoms with van der Waals surface area (Å²) in [5.74, 6) is 0.551. The second-order valence-electron chi connectivity index (χ2n) is 3.09. The normalized spacial score (nSPS) is 10.0. The Morgan fingerprint density at radius 1 is 1.07 bits per heavy atom. The molecule has 2 aromatic heterocycles. The predicted octanol–water partition coefficient (Wildman–Crippen LogP) is 1.65. The third-order valence-corrected chi connectivity index (χ3v) is 1.96. The van der Waals surface area contributed by atoms with Gasteiger partial charge in [0.05, 0.1) is 0 Å². The van der Waals surface area contributed by atoms with Gasteiger partial charge in [0, 0.05) is 24.5 Å². The van der Waals surface area contributed by atoms with E-state index < -0.39 is 0 Å². The molecule has 0 atom stereocenters. The molecule has 0 aliphatic heterocycles. The van der Waals surface area contributed by atoms with Gasteiger partial charge >= 0.3 is 0 Å². The lowest BCUT2D eigenvalue weighted by Gasteiger charge is -2.00. The van der Waals surface area contributed by atoms with Gasteiger partial charge < -0.3 is 5.73 Å². The number of nitrogens with zero attached hydrogens (tertiary/aromatic N) is 2. The standard InChI is InChI=1S/C11H11N3/c12-11-5-4-9(8-14-11)7-10-3-1-2-6-13-10/h1-6,8H,7H2,(H2,12,14). The highest BCUT2D eigenvalue weighted by atomic mass is 14.8. The molecule has 14 heavy (non-hydrogen) atoms. The summed E-state index contributed by atoms with van der Waals surface area (Å²) in [7, 11) is 0. The number of rotatable bonds is 2. The van der Waals surface area contributed by atoms with Crippen LogP contribution in [0.4, 0.5) is 5.82 Å². The highest BCUT2D eigenvalue weighted by Crippen LogP contribution is 2.06. The molecule has 0 amide bonds. The van der Waals surface area contributed by atoms with E-state index in [9.17, 15) is 0 Å². The van der Waals surface area contributed by atoms with Crippen molar-refractivity contribution in [2.24, 2.45) is 0 Å². The first kappa shape index (κ1) is 8.69. The smallest absolute Gasteiger partial charge is 0.123 e. The summed E-state index contributed by atoms with van der Waals surface area (Å²) in [4.78, 5) is 8.26. The molecule has 0 aliphatic rings. The van der Waals surface area contributed by atoms with Crippen LogP contribution in [-0.4, -0.2) is 9.97 Å². The van der Waals surface area contributed by atoms with Gasteiger partial charge in [0.1, 0.15) is 5.82 Å². The van der Waals surface area contributed by atoms with Crippen molar-refractivity contribution >= 4 is 5.82 Å². The highest BCUT2D eigenvalue weighted by Gasteiger charge is 1.96. The summed E-state index contributed by atoms with van der Waals surface area (Å²) in [5.41, 5.74) is 7.66. The van der Waals surface area contributed by atoms with E-state index in [0.717, 1.165) is 17.7 Å². The van der Waals surface area contributed by atoms with Gasteiger partial charge in [0.2, 0.25) is 0 Å². The van der Waals surface area contributed by atoms with Crippen molar-refractivity contribution in [3.63, 3.8) is 0 Å². The Balaban J connectivity index is 2.16. The maximum atomic E-state index is 5.49. The summed E-state index contributed by atoms with van der Waals surface area (Å²) in [6.45, 7) is 0. The van der Waals surface area contributed by atoms with Crippen LogP contribution >= 0.6 is 0 Å². The maximum absolute atomic E-state index is 5.49. The van der Waals surface area contributed by atoms with Crippen molar-refractivity contribution in [3.05, 3.63) is 54.0 Å². The van der Waals surface area contributed by atoms with Gasteiger partial charge in [-0.15, -0.1) is 0 Å². The van der Waals surface area contributed by atoms with E-state index in [0.29, 0.717) is 5.82 Å². The van der Waals surface area contributed by atoms with Gasteiger partial charge in [-0.3, -0.25) is 4.98 Å². The molecule has 0 saturated carbocycles. The van der Waals surface area contributed by atoms with E-state index in [1.165, 1.54) is 0 Å². The molecular weight excluding hydrogens is 174 g/mol. The molecule has 3 nitrogen and oxygen atoms in total. The second kappa shape index (κ2) is 3.87. The third-order valence-electron chi connectivity index (χ3n) is 1.96. The minimum absolute atomic E-state index is 0.551. The number of nitrogens with two attached hydrogens (primary N) is 1. The Morgan fingerprint density at radius 3 is 2.64 bits per heavy atom. The first-order chi connectivity index (χ1) is 6.84. The molecule has 70 valence electrons. The van der Waals surface area contributed by atoms with E-state index in [-0.39, 0.29) is 0 Å². The van der Waals surface area contributed by atoms with E-state index in [1.807, 2.05) is 24.3 Å². The number of hydrogen-bond acceptors (Lipinski definition) is 3. The minimum Gasteiger partial charge on any atom is -0.384 e. The number of nitrogen functional groups attached to an aromatic ring is 1. The Bertz CT molecular complexity index is 395. The summed E-state index contributed by atoms with van der Waals surface area (Å²) in [6.07, 6.45) is 4.37. The van der Waals surface area contributed by atoms with Gasteiger partial charge in [-0.05, 0) is 23.8 Å². The van der Waals surface area contributed by atoms with E-state index in [4.69, 9.17) is 5.73 Å². The van der Waals surface area contributed by atoms with Crippen molar-refractivity contribution in [2.75, 3.05) is 5.73 Å². The molecule has 2 rings (SSSR count). The fourth-order valence-corrected chi connectivity index (χ4v) is 1.25. The third kappa shape index (κ3) is 2.07. The van der Waals surface area contributed by atoms with Crippen molar-refractivity contribution in [2.45, 2.75) is 6.42 Å². The number of anilines is 1. The van der Waals surface area contributed by atoms with Crippen LogP contribution in [-0.2, 0) is 6.42 Å². The number of aromatic nitrogens is 2. The minimum atomic E-state index is 0.551. The summed E-state index contributed by atoms with van der Waals surface area (Å²) in [6, 6.07) is 9.66. The van der Waals surface area contributed by atoms with E-state index in [2.05, 4.69) is 9.97 Å². The molecule has 3 heteroatoms. The fraction of sp³-hybridized carbons (Fsp3) is 0.0909. The molecule has 2 N–H and O–H groups in total. The molecule has 0 aliphatic carbocycles. The quantitative estimate of drug-likeness (QED) is 0.774. The monoisotopic (exact) mass is 185 g/mol. The van der Waals surface area contributed by atoms with Gasteiger partial charge in [-0.1, -0.05) is 12.1 Å². The Kier molecular flexibility index (Phi) is 2.40. The highest BCUT2D eigenvalue weighted by molar-refractivity contribution is 5.30. The molecule has 0 bridgehead atoms. The van der Waals surface area contributed by atoms with Crippen LogP contribution in [0.25, 0.3) is 0 Å². The van der Waals surface area contributed by atoms with Gasteiger partial charge in [-0.25, -0.2) is 4.98 Å².